The molecule has 2 nitrogen and oxygen atoms in total. The number of carbonyl (C=O) groups is 1. The average molecular weight is 165 g/mol. The molecule has 1 aromatic carbocycles. The maximum Gasteiger partial charge on any atom is 0.252 e. The molecule has 1 aromatic rings. The third-order valence-corrected chi connectivity index (χ3v) is 2.07. The monoisotopic (exact) mass is 165 g/mol. The summed E-state index contributed by atoms with van der Waals surface area (Å²) in [7, 11) is 0. The summed E-state index contributed by atoms with van der Waals surface area (Å²) in [4.78, 5) is 11.2. The maximum absolute atomic E-state index is 12.7. The van der Waals surface area contributed by atoms with E-state index in [0.29, 0.717) is 5.56 Å². The van der Waals surface area contributed by atoms with E-state index in [-0.39, 0.29) is 17.8 Å². The van der Waals surface area contributed by atoms with Gasteiger partial charge in [-0.2, -0.15) is 0 Å². The highest BCUT2D eigenvalue weighted by Gasteiger charge is 2.24. The van der Waals surface area contributed by atoms with E-state index in [1.165, 1.54) is 12.1 Å². The zero-order valence-electron chi connectivity index (χ0n) is 6.60. The fourth-order valence-electron chi connectivity index (χ4n) is 1.45. The lowest BCUT2D eigenvalue weighted by Crippen LogP contribution is -2.16. The van der Waals surface area contributed by atoms with Gasteiger partial charge in [-0.1, -0.05) is 6.07 Å². The molecule has 62 valence electrons. The molecular formula is C9H8FNO. The second-order valence-electron chi connectivity index (χ2n) is 2.93. The fraction of sp³-hybridized carbons (Fsp3) is 0.222. The van der Waals surface area contributed by atoms with Crippen molar-refractivity contribution < 1.29 is 9.18 Å². The number of carbonyl (C=O) groups excluding carboxylic acids is 1. The standard InChI is InChI=1S/C9H8FNO/c1-5-7-3-2-6(10)4-8(7)9(12)11-5/h2-5H,1H3,(H,11,12). The Labute approximate surface area is 69.4 Å². The van der Waals surface area contributed by atoms with Crippen molar-refractivity contribution in [1.82, 2.24) is 5.32 Å². The van der Waals surface area contributed by atoms with Gasteiger partial charge in [-0.15, -0.1) is 0 Å². The van der Waals surface area contributed by atoms with Gasteiger partial charge in [0.05, 0.1) is 6.04 Å². The molecule has 0 aliphatic carbocycles. The molecule has 0 radical (unpaired) electrons. The first-order valence-corrected chi connectivity index (χ1v) is 3.79. The molecule has 1 unspecified atom stereocenters. The third-order valence-electron chi connectivity index (χ3n) is 2.07. The van der Waals surface area contributed by atoms with Gasteiger partial charge >= 0.3 is 0 Å². The van der Waals surface area contributed by atoms with E-state index in [1.54, 1.807) is 6.07 Å². The maximum atomic E-state index is 12.7. The number of nitrogens with one attached hydrogen (secondary N) is 1. The van der Waals surface area contributed by atoms with Gasteiger partial charge in [-0.3, -0.25) is 4.79 Å². The molecule has 0 saturated carbocycles. The van der Waals surface area contributed by atoms with Gasteiger partial charge in [0, 0.05) is 5.56 Å². The molecule has 1 atom stereocenters. The zero-order chi connectivity index (χ0) is 8.72. The Bertz CT molecular complexity index is 348. The van der Waals surface area contributed by atoms with Crippen LogP contribution in [-0.4, -0.2) is 5.91 Å². The fourth-order valence-corrected chi connectivity index (χ4v) is 1.45. The van der Waals surface area contributed by atoms with Crippen molar-refractivity contribution in [2.45, 2.75) is 13.0 Å². The number of hydrogen-bond donors (Lipinski definition) is 1. The lowest BCUT2D eigenvalue weighted by atomic mass is 10.1. The minimum Gasteiger partial charge on any atom is -0.345 e. The van der Waals surface area contributed by atoms with Gasteiger partial charge in [0.2, 0.25) is 0 Å². The minimum absolute atomic E-state index is 0.00750. The second kappa shape index (κ2) is 2.30. The van der Waals surface area contributed by atoms with Crippen molar-refractivity contribution in [3.05, 3.63) is 35.1 Å². The molecule has 1 heterocycles. The van der Waals surface area contributed by atoms with Crippen LogP contribution in [-0.2, 0) is 0 Å². The Morgan fingerprint density at radius 3 is 3.00 bits per heavy atom. The van der Waals surface area contributed by atoms with E-state index >= 15 is 0 Å². The van der Waals surface area contributed by atoms with Crippen LogP contribution in [0.15, 0.2) is 18.2 Å². The van der Waals surface area contributed by atoms with Crippen molar-refractivity contribution in [2.24, 2.45) is 0 Å². The van der Waals surface area contributed by atoms with Gasteiger partial charge in [0.15, 0.2) is 0 Å². The largest absolute Gasteiger partial charge is 0.345 e. The summed E-state index contributed by atoms with van der Waals surface area (Å²) in [6, 6.07) is 4.30. The first-order valence-electron chi connectivity index (χ1n) is 3.79. The van der Waals surface area contributed by atoms with Crippen LogP contribution in [0.3, 0.4) is 0 Å². The smallest absolute Gasteiger partial charge is 0.252 e. The predicted molar refractivity (Wildman–Crippen MR) is 42.3 cm³/mol. The van der Waals surface area contributed by atoms with Gasteiger partial charge in [-0.25, -0.2) is 4.39 Å². The lowest BCUT2D eigenvalue weighted by molar-refractivity contribution is 0.0958. The Morgan fingerprint density at radius 1 is 1.50 bits per heavy atom. The van der Waals surface area contributed by atoms with E-state index in [1.807, 2.05) is 6.92 Å². The summed E-state index contributed by atoms with van der Waals surface area (Å²) in [5, 5.41) is 2.70. The van der Waals surface area contributed by atoms with Crippen LogP contribution >= 0.6 is 0 Å². The van der Waals surface area contributed by atoms with Crippen LogP contribution < -0.4 is 5.32 Å². The first kappa shape index (κ1) is 7.28. The molecule has 12 heavy (non-hydrogen) atoms. The van der Waals surface area contributed by atoms with E-state index in [0.717, 1.165) is 5.56 Å². The summed E-state index contributed by atoms with van der Waals surface area (Å²) >= 11 is 0. The normalized spacial score (nSPS) is 20.5. The summed E-state index contributed by atoms with van der Waals surface area (Å²) in [5.74, 6) is -0.546. The van der Waals surface area contributed by atoms with E-state index in [4.69, 9.17) is 0 Å². The molecule has 0 aromatic heterocycles. The molecule has 0 fully saturated rings. The Hall–Kier alpha value is -1.38. The van der Waals surface area contributed by atoms with Crippen molar-refractivity contribution in [3.63, 3.8) is 0 Å². The predicted octanol–water partition coefficient (Wildman–Crippen LogP) is 1.63. The van der Waals surface area contributed by atoms with Gasteiger partial charge in [0.25, 0.3) is 5.91 Å². The van der Waals surface area contributed by atoms with Crippen molar-refractivity contribution in [3.8, 4) is 0 Å². The highest BCUT2D eigenvalue weighted by atomic mass is 19.1. The van der Waals surface area contributed by atoms with Gasteiger partial charge < -0.3 is 5.32 Å². The summed E-state index contributed by atoms with van der Waals surface area (Å²) in [5.41, 5.74) is 1.34. The van der Waals surface area contributed by atoms with Crippen LogP contribution in [0.1, 0.15) is 28.9 Å². The second-order valence-corrected chi connectivity index (χ2v) is 2.93. The molecule has 2 rings (SSSR count). The summed E-state index contributed by atoms with van der Waals surface area (Å²) in [6.45, 7) is 1.88. The van der Waals surface area contributed by atoms with Crippen LogP contribution in [0, 0.1) is 5.82 Å². The Balaban J connectivity index is 2.60. The zero-order valence-corrected chi connectivity index (χ0v) is 6.60. The molecule has 1 aliphatic heterocycles. The molecule has 0 spiro atoms. The Morgan fingerprint density at radius 2 is 2.25 bits per heavy atom. The quantitative estimate of drug-likeness (QED) is 0.622. The van der Waals surface area contributed by atoms with Crippen LogP contribution in [0.25, 0.3) is 0 Å². The molecule has 3 heteroatoms. The topological polar surface area (TPSA) is 29.1 Å². The number of rotatable bonds is 0. The van der Waals surface area contributed by atoms with Crippen molar-refractivity contribution >= 4 is 5.91 Å². The summed E-state index contributed by atoms with van der Waals surface area (Å²) < 4.78 is 12.7. The first-order chi connectivity index (χ1) is 5.68. The molecule has 1 amide bonds. The molecule has 1 N–H and O–H groups in total. The average Bonchev–Trinajstić information content (AvgIpc) is 2.28. The number of hydrogen-bond acceptors (Lipinski definition) is 1. The highest BCUT2D eigenvalue weighted by molar-refractivity contribution is 5.99. The van der Waals surface area contributed by atoms with Crippen molar-refractivity contribution in [2.75, 3.05) is 0 Å². The molecular weight excluding hydrogens is 157 g/mol. The molecule has 0 bridgehead atoms. The molecule has 0 saturated heterocycles. The van der Waals surface area contributed by atoms with Gasteiger partial charge in [-0.05, 0) is 24.6 Å². The number of benzene rings is 1. The SMILES string of the molecule is CC1NC(=O)c2cc(F)ccc21. The molecule has 1 aliphatic rings. The minimum atomic E-state index is -0.363. The van der Waals surface area contributed by atoms with Crippen LogP contribution in [0.5, 0.6) is 0 Å². The number of fused-ring (bicyclic) bond motifs is 1. The van der Waals surface area contributed by atoms with E-state index in [9.17, 15) is 9.18 Å². The number of halogens is 1. The number of amides is 1. The Kier molecular flexibility index (Phi) is 1.40. The van der Waals surface area contributed by atoms with Crippen molar-refractivity contribution in [1.29, 1.82) is 0 Å². The third kappa shape index (κ3) is 0.897. The summed E-state index contributed by atoms with van der Waals surface area (Å²) in [6.07, 6.45) is 0. The lowest BCUT2D eigenvalue weighted by Gasteiger charge is -2.01. The van der Waals surface area contributed by atoms with Crippen LogP contribution in [0.2, 0.25) is 0 Å². The van der Waals surface area contributed by atoms with E-state index < -0.39 is 0 Å². The highest BCUT2D eigenvalue weighted by Crippen LogP contribution is 2.24. The van der Waals surface area contributed by atoms with Gasteiger partial charge in [0.1, 0.15) is 5.82 Å². The van der Waals surface area contributed by atoms with E-state index in [2.05, 4.69) is 5.32 Å². The van der Waals surface area contributed by atoms with Crippen LogP contribution in [0.4, 0.5) is 4.39 Å².